The first-order valence-corrected chi connectivity index (χ1v) is 8.72. The Bertz CT molecular complexity index is 699. The number of halogens is 1. The SMILES string of the molecule is CC(C)Oc1ccc(C(=O)NC[C@@H](c2ccccc2Cl)N(C)C)cc1. The molecule has 2 aromatic carbocycles. The van der Waals surface area contributed by atoms with Crippen molar-refractivity contribution in [2.75, 3.05) is 20.6 Å². The molecular weight excluding hydrogens is 336 g/mol. The Morgan fingerprint density at radius 3 is 2.32 bits per heavy atom. The number of ether oxygens (including phenoxy) is 1. The third-order valence-corrected chi connectivity index (χ3v) is 4.18. The van der Waals surface area contributed by atoms with E-state index in [1.807, 2.05) is 69.2 Å². The van der Waals surface area contributed by atoms with E-state index in [9.17, 15) is 4.79 Å². The molecule has 0 spiro atoms. The second-order valence-electron chi connectivity index (χ2n) is 6.40. The highest BCUT2D eigenvalue weighted by atomic mass is 35.5. The summed E-state index contributed by atoms with van der Waals surface area (Å²) in [4.78, 5) is 14.5. The van der Waals surface area contributed by atoms with Gasteiger partial charge in [-0.3, -0.25) is 4.79 Å². The molecule has 0 bridgehead atoms. The lowest BCUT2D eigenvalue weighted by atomic mass is 10.1. The summed E-state index contributed by atoms with van der Waals surface area (Å²) in [6, 6.07) is 14.9. The molecule has 0 saturated carbocycles. The zero-order chi connectivity index (χ0) is 18.4. The minimum atomic E-state index is -0.116. The van der Waals surface area contributed by atoms with Crippen molar-refractivity contribution in [1.29, 1.82) is 0 Å². The molecule has 0 fully saturated rings. The van der Waals surface area contributed by atoms with Gasteiger partial charge in [-0.05, 0) is 63.8 Å². The van der Waals surface area contributed by atoms with E-state index in [0.29, 0.717) is 17.1 Å². The van der Waals surface area contributed by atoms with Gasteiger partial charge in [0.2, 0.25) is 0 Å². The maximum Gasteiger partial charge on any atom is 0.251 e. The molecule has 0 aliphatic heterocycles. The maximum atomic E-state index is 12.4. The Kier molecular flexibility index (Phi) is 6.85. The Hall–Kier alpha value is -2.04. The molecule has 0 radical (unpaired) electrons. The molecule has 2 aromatic rings. The number of hydrogen-bond donors (Lipinski definition) is 1. The lowest BCUT2D eigenvalue weighted by Crippen LogP contribution is -2.34. The van der Waals surface area contributed by atoms with E-state index in [1.54, 1.807) is 12.1 Å². The fraction of sp³-hybridized carbons (Fsp3) is 0.350. The first-order chi connectivity index (χ1) is 11.9. The Morgan fingerprint density at radius 1 is 1.12 bits per heavy atom. The molecule has 1 atom stereocenters. The third-order valence-electron chi connectivity index (χ3n) is 3.83. The standard InChI is InChI=1S/C20H25ClN2O2/c1-14(2)25-16-11-9-15(10-12-16)20(24)22-13-19(23(3)4)17-7-5-6-8-18(17)21/h5-12,14,19H,13H2,1-4H3,(H,22,24)/t19-/m0/s1. The predicted molar refractivity (Wildman–Crippen MR) is 102 cm³/mol. The minimum Gasteiger partial charge on any atom is -0.491 e. The number of nitrogens with zero attached hydrogens (tertiary/aromatic N) is 1. The van der Waals surface area contributed by atoms with E-state index in [1.165, 1.54) is 0 Å². The summed E-state index contributed by atoms with van der Waals surface area (Å²) < 4.78 is 5.60. The molecule has 134 valence electrons. The Morgan fingerprint density at radius 2 is 1.76 bits per heavy atom. The molecule has 0 aliphatic carbocycles. The second-order valence-corrected chi connectivity index (χ2v) is 6.81. The minimum absolute atomic E-state index is 0.00111. The van der Waals surface area contributed by atoms with Gasteiger partial charge in [-0.1, -0.05) is 29.8 Å². The van der Waals surface area contributed by atoms with Crippen molar-refractivity contribution in [3.05, 3.63) is 64.7 Å². The molecule has 5 heteroatoms. The van der Waals surface area contributed by atoms with Gasteiger partial charge in [-0.15, -0.1) is 0 Å². The van der Waals surface area contributed by atoms with Crippen molar-refractivity contribution in [3.63, 3.8) is 0 Å². The van der Waals surface area contributed by atoms with Gasteiger partial charge in [0, 0.05) is 17.1 Å². The quantitative estimate of drug-likeness (QED) is 0.806. The molecular formula is C20H25ClN2O2. The van der Waals surface area contributed by atoms with E-state index >= 15 is 0 Å². The van der Waals surface area contributed by atoms with E-state index < -0.39 is 0 Å². The highest BCUT2D eigenvalue weighted by Crippen LogP contribution is 2.25. The van der Waals surface area contributed by atoms with Crippen LogP contribution in [0.15, 0.2) is 48.5 Å². The summed E-state index contributed by atoms with van der Waals surface area (Å²) in [5.74, 6) is 0.642. The molecule has 0 saturated heterocycles. The number of hydrogen-bond acceptors (Lipinski definition) is 3. The molecule has 2 rings (SSSR count). The molecule has 0 aromatic heterocycles. The fourth-order valence-corrected chi connectivity index (χ4v) is 2.83. The van der Waals surface area contributed by atoms with Crippen molar-refractivity contribution >= 4 is 17.5 Å². The van der Waals surface area contributed by atoms with Crippen molar-refractivity contribution < 1.29 is 9.53 Å². The largest absolute Gasteiger partial charge is 0.491 e. The van der Waals surface area contributed by atoms with Gasteiger partial charge in [0.05, 0.1) is 12.1 Å². The third kappa shape index (κ3) is 5.48. The van der Waals surface area contributed by atoms with Crippen molar-refractivity contribution in [2.45, 2.75) is 26.0 Å². The summed E-state index contributed by atoms with van der Waals surface area (Å²) in [6.07, 6.45) is 0.108. The van der Waals surface area contributed by atoms with Crippen LogP contribution >= 0.6 is 11.6 Å². The molecule has 0 unspecified atom stereocenters. The van der Waals surface area contributed by atoms with E-state index in [-0.39, 0.29) is 18.1 Å². The van der Waals surface area contributed by atoms with E-state index in [0.717, 1.165) is 11.3 Å². The van der Waals surface area contributed by atoms with E-state index in [4.69, 9.17) is 16.3 Å². The van der Waals surface area contributed by atoms with Gasteiger partial charge in [0.15, 0.2) is 0 Å². The van der Waals surface area contributed by atoms with Gasteiger partial charge in [0.1, 0.15) is 5.75 Å². The summed E-state index contributed by atoms with van der Waals surface area (Å²) in [7, 11) is 3.94. The highest BCUT2D eigenvalue weighted by Gasteiger charge is 2.18. The van der Waals surface area contributed by atoms with Crippen LogP contribution in [0.4, 0.5) is 0 Å². The lowest BCUT2D eigenvalue weighted by Gasteiger charge is -2.26. The van der Waals surface area contributed by atoms with Crippen molar-refractivity contribution in [1.82, 2.24) is 10.2 Å². The first kappa shape index (κ1) is 19.3. The zero-order valence-corrected chi connectivity index (χ0v) is 15.9. The number of nitrogens with one attached hydrogen (secondary N) is 1. The molecule has 25 heavy (non-hydrogen) atoms. The van der Waals surface area contributed by atoms with Gasteiger partial charge in [0.25, 0.3) is 5.91 Å². The van der Waals surface area contributed by atoms with Crippen LogP contribution in [0, 0.1) is 0 Å². The van der Waals surface area contributed by atoms with Crippen LogP contribution < -0.4 is 10.1 Å². The van der Waals surface area contributed by atoms with Crippen LogP contribution in [0.3, 0.4) is 0 Å². The number of carbonyl (C=O) groups is 1. The average molecular weight is 361 g/mol. The van der Waals surface area contributed by atoms with Crippen LogP contribution in [-0.2, 0) is 0 Å². The number of rotatable bonds is 7. The molecule has 0 aliphatic rings. The van der Waals surface area contributed by atoms with Gasteiger partial charge >= 0.3 is 0 Å². The summed E-state index contributed by atoms with van der Waals surface area (Å²) in [6.45, 7) is 4.41. The summed E-state index contributed by atoms with van der Waals surface area (Å²) in [5.41, 5.74) is 1.60. The number of amides is 1. The van der Waals surface area contributed by atoms with E-state index in [2.05, 4.69) is 5.32 Å². The topological polar surface area (TPSA) is 41.6 Å². The predicted octanol–water partition coefficient (Wildman–Crippen LogP) is 4.16. The lowest BCUT2D eigenvalue weighted by molar-refractivity contribution is 0.0942. The van der Waals surface area contributed by atoms with Crippen LogP contribution in [0.2, 0.25) is 5.02 Å². The van der Waals surface area contributed by atoms with Crippen LogP contribution in [0.25, 0.3) is 0 Å². The number of likely N-dealkylation sites (N-methyl/N-ethyl adjacent to an activating group) is 1. The van der Waals surface area contributed by atoms with Crippen LogP contribution in [0.1, 0.15) is 35.8 Å². The molecule has 1 amide bonds. The highest BCUT2D eigenvalue weighted by molar-refractivity contribution is 6.31. The van der Waals surface area contributed by atoms with Crippen molar-refractivity contribution in [2.24, 2.45) is 0 Å². The number of benzene rings is 2. The Balaban J connectivity index is 2.03. The summed E-state index contributed by atoms with van der Waals surface area (Å²) in [5, 5.41) is 3.69. The Labute approximate surface area is 154 Å². The van der Waals surface area contributed by atoms with Gasteiger partial charge in [-0.2, -0.15) is 0 Å². The number of carbonyl (C=O) groups excluding carboxylic acids is 1. The zero-order valence-electron chi connectivity index (χ0n) is 15.1. The van der Waals surface area contributed by atoms with Crippen LogP contribution in [0.5, 0.6) is 5.75 Å². The second kappa shape index (κ2) is 8.88. The maximum absolute atomic E-state index is 12.4. The summed E-state index contributed by atoms with van der Waals surface area (Å²) >= 11 is 6.30. The molecule has 4 nitrogen and oxygen atoms in total. The molecule has 0 heterocycles. The average Bonchev–Trinajstić information content (AvgIpc) is 2.56. The van der Waals surface area contributed by atoms with Crippen LogP contribution in [-0.4, -0.2) is 37.6 Å². The smallest absolute Gasteiger partial charge is 0.251 e. The first-order valence-electron chi connectivity index (χ1n) is 8.34. The monoisotopic (exact) mass is 360 g/mol. The normalized spacial score (nSPS) is 12.3. The van der Waals surface area contributed by atoms with Crippen molar-refractivity contribution in [3.8, 4) is 5.75 Å². The molecule has 1 N–H and O–H groups in total. The van der Waals surface area contributed by atoms with Gasteiger partial charge in [-0.25, -0.2) is 0 Å². The fourth-order valence-electron chi connectivity index (χ4n) is 2.56. The van der Waals surface area contributed by atoms with Gasteiger partial charge < -0.3 is 15.0 Å².